The molecule has 0 heterocycles. The summed E-state index contributed by atoms with van der Waals surface area (Å²) in [5.74, 6) is -0.0532. The van der Waals surface area contributed by atoms with Crippen LogP contribution >= 0.6 is 23.2 Å². The number of rotatable bonds is 4. The molecule has 0 spiro atoms. The number of nitrogens with two attached hydrogens (primary N) is 1. The van der Waals surface area contributed by atoms with Crippen LogP contribution in [0.1, 0.15) is 31.1 Å². The lowest BCUT2D eigenvalue weighted by molar-refractivity contribution is 0.0946. The number of nitrogen functional groups attached to an aromatic ring is 1. The summed E-state index contributed by atoms with van der Waals surface area (Å²) in [6.07, 6.45) is 0. The van der Waals surface area contributed by atoms with Crippen molar-refractivity contribution >= 4 is 34.7 Å². The number of halogens is 2. The van der Waals surface area contributed by atoms with Crippen LogP contribution in [0.25, 0.3) is 0 Å². The van der Waals surface area contributed by atoms with E-state index in [2.05, 4.69) is 5.32 Å². The molecule has 0 aliphatic rings. The van der Waals surface area contributed by atoms with E-state index in [0.717, 1.165) is 0 Å². The van der Waals surface area contributed by atoms with Gasteiger partial charge in [-0.25, -0.2) is 0 Å². The first kappa shape index (κ1) is 14.3. The first-order valence-electron chi connectivity index (χ1n) is 5.37. The van der Waals surface area contributed by atoms with Gasteiger partial charge in [0.25, 0.3) is 0 Å². The van der Waals surface area contributed by atoms with Crippen LogP contribution < -0.4 is 11.1 Å². The zero-order chi connectivity index (χ0) is 13.2. The third-order valence-electron chi connectivity index (χ3n) is 2.34. The Morgan fingerprint density at radius 1 is 1.24 bits per heavy atom. The van der Waals surface area contributed by atoms with Gasteiger partial charge in [0, 0.05) is 11.6 Å². The Morgan fingerprint density at radius 2 is 1.71 bits per heavy atom. The van der Waals surface area contributed by atoms with E-state index < -0.39 is 0 Å². The normalized spacial score (nSPS) is 12.8. The smallest absolute Gasteiger partial charge is 0.179 e. The van der Waals surface area contributed by atoms with E-state index in [9.17, 15) is 4.79 Å². The minimum Gasteiger partial charge on any atom is -0.396 e. The number of hydrogen-bond acceptors (Lipinski definition) is 3. The van der Waals surface area contributed by atoms with Crippen molar-refractivity contribution in [1.82, 2.24) is 5.32 Å². The van der Waals surface area contributed by atoms with Gasteiger partial charge in [-0.1, -0.05) is 37.0 Å². The van der Waals surface area contributed by atoms with E-state index >= 15 is 0 Å². The molecule has 1 aromatic carbocycles. The van der Waals surface area contributed by atoms with Crippen LogP contribution in [0.2, 0.25) is 10.0 Å². The third-order valence-corrected chi connectivity index (χ3v) is 2.97. The maximum Gasteiger partial charge on any atom is 0.179 e. The van der Waals surface area contributed by atoms with Crippen molar-refractivity contribution in [3.63, 3.8) is 0 Å². The lowest BCUT2D eigenvalue weighted by Gasteiger charge is -2.16. The second kappa shape index (κ2) is 5.71. The van der Waals surface area contributed by atoms with E-state index in [0.29, 0.717) is 21.3 Å². The van der Waals surface area contributed by atoms with Crippen molar-refractivity contribution in [2.75, 3.05) is 5.73 Å². The highest BCUT2D eigenvalue weighted by molar-refractivity contribution is 6.39. The first-order valence-corrected chi connectivity index (χ1v) is 6.13. The predicted octanol–water partition coefficient (Wildman–Crippen LogP) is 3.14. The summed E-state index contributed by atoms with van der Waals surface area (Å²) in [7, 11) is 0. The average Bonchev–Trinajstić information content (AvgIpc) is 2.23. The number of hydrogen-bond donors (Lipinski definition) is 2. The van der Waals surface area contributed by atoms with Gasteiger partial charge in [-0.15, -0.1) is 0 Å². The number of Topliss-reactive ketones (excluding diaryl/α,β-unsaturated/α-hetero) is 1. The van der Waals surface area contributed by atoms with Crippen molar-refractivity contribution in [2.45, 2.75) is 32.9 Å². The van der Waals surface area contributed by atoms with E-state index in [1.54, 1.807) is 19.1 Å². The number of ketones is 1. The molecule has 1 atom stereocenters. The number of benzene rings is 1. The average molecular weight is 275 g/mol. The number of carbonyl (C=O) groups excluding carboxylic acids is 1. The quantitative estimate of drug-likeness (QED) is 0.655. The second-order valence-corrected chi connectivity index (χ2v) is 5.08. The predicted molar refractivity (Wildman–Crippen MR) is 72.9 cm³/mol. The Bertz CT molecular complexity index is 410. The summed E-state index contributed by atoms with van der Waals surface area (Å²) in [4.78, 5) is 12.1. The van der Waals surface area contributed by atoms with Gasteiger partial charge in [0.1, 0.15) is 0 Å². The molecular formula is C12H16Cl2N2O. The molecule has 0 radical (unpaired) electrons. The molecule has 5 heteroatoms. The standard InChI is InChI=1S/C12H16Cl2N2O/c1-6(2)16-7(3)12(17)8-4-9(13)11(15)10(14)5-8/h4-7,16H,15H2,1-3H3. The summed E-state index contributed by atoms with van der Waals surface area (Å²) < 4.78 is 0. The fourth-order valence-electron chi connectivity index (χ4n) is 1.55. The number of nitrogens with one attached hydrogen (secondary N) is 1. The topological polar surface area (TPSA) is 55.1 Å². The summed E-state index contributed by atoms with van der Waals surface area (Å²) in [6, 6.07) is 3.03. The molecule has 1 aromatic rings. The van der Waals surface area contributed by atoms with Crippen LogP contribution in [0.4, 0.5) is 5.69 Å². The van der Waals surface area contributed by atoms with Crippen LogP contribution in [0.3, 0.4) is 0 Å². The summed E-state index contributed by atoms with van der Waals surface area (Å²) in [5.41, 5.74) is 6.38. The fraction of sp³-hybridized carbons (Fsp3) is 0.417. The maximum absolute atomic E-state index is 12.1. The minimum atomic E-state index is -0.286. The second-order valence-electron chi connectivity index (χ2n) is 4.26. The molecule has 3 nitrogen and oxygen atoms in total. The molecule has 1 rings (SSSR count). The van der Waals surface area contributed by atoms with Crippen molar-refractivity contribution in [1.29, 1.82) is 0 Å². The molecule has 0 bridgehead atoms. The van der Waals surface area contributed by atoms with Crippen LogP contribution in [-0.4, -0.2) is 17.9 Å². The van der Waals surface area contributed by atoms with E-state index in [4.69, 9.17) is 28.9 Å². The summed E-state index contributed by atoms with van der Waals surface area (Å²) in [6.45, 7) is 5.76. The van der Waals surface area contributed by atoms with Crippen LogP contribution in [0, 0.1) is 0 Å². The fourth-order valence-corrected chi connectivity index (χ4v) is 2.04. The van der Waals surface area contributed by atoms with Gasteiger partial charge < -0.3 is 11.1 Å². The Labute approximate surface area is 111 Å². The van der Waals surface area contributed by atoms with Crippen LogP contribution in [0.15, 0.2) is 12.1 Å². The molecule has 17 heavy (non-hydrogen) atoms. The van der Waals surface area contributed by atoms with Crippen molar-refractivity contribution in [2.24, 2.45) is 0 Å². The molecule has 0 saturated heterocycles. The lowest BCUT2D eigenvalue weighted by atomic mass is 10.0. The molecule has 0 aliphatic carbocycles. The van der Waals surface area contributed by atoms with E-state index in [1.807, 2.05) is 13.8 Å². The first-order chi connectivity index (χ1) is 7.82. The maximum atomic E-state index is 12.1. The molecule has 1 unspecified atom stereocenters. The Balaban J connectivity index is 2.97. The molecule has 94 valence electrons. The van der Waals surface area contributed by atoms with Crippen molar-refractivity contribution in [3.05, 3.63) is 27.7 Å². The van der Waals surface area contributed by atoms with Crippen molar-refractivity contribution in [3.8, 4) is 0 Å². The number of anilines is 1. The van der Waals surface area contributed by atoms with Crippen molar-refractivity contribution < 1.29 is 4.79 Å². The largest absolute Gasteiger partial charge is 0.396 e. The Morgan fingerprint density at radius 3 is 2.12 bits per heavy atom. The Kier molecular flexibility index (Phi) is 4.80. The van der Waals surface area contributed by atoms with Gasteiger partial charge in [0.2, 0.25) is 0 Å². The zero-order valence-corrected chi connectivity index (χ0v) is 11.6. The van der Waals surface area contributed by atoms with Gasteiger partial charge in [-0.2, -0.15) is 0 Å². The molecule has 0 fully saturated rings. The highest BCUT2D eigenvalue weighted by Crippen LogP contribution is 2.29. The minimum absolute atomic E-state index is 0.0532. The highest BCUT2D eigenvalue weighted by Gasteiger charge is 2.17. The summed E-state index contributed by atoms with van der Waals surface area (Å²) in [5, 5.41) is 3.73. The van der Waals surface area contributed by atoms with Crippen LogP contribution in [0.5, 0.6) is 0 Å². The van der Waals surface area contributed by atoms with Gasteiger partial charge in [0.15, 0.2) is 5.78 Å². The molecular weight excluding hydrogens is 259 g/mol. The van der Waals surface area contributed by atoms with E-state index in [1.165, 1.54) is 0 Å². The van der Waals surface area contributed by atoms with E-state index in [-0.39, 0.29) is 17.9 Å². The highest BCUT2D eigenvalue weighted by atomic mass is 35.5. The molecule has 3 N–H and O–H groups in total. The summed E-state index contributed by atoms with van der Waals surface area (Å²) >= 11 is 11.8. The third kappa shape index (κ3) is 3.60. The lowest BCUT2D eigenvalue weighted by Crippen LogP contribution is -2.38. The molecule has 0 amide bonds. The molecule has 0 aliphatic heterocycles. The van der Waals surface area contributed by atoms with Gasteiger partial charge >= 0.3 is 0 Å². The van der Waals surface area contributed by atoms with Gasteiger partial charge in [-0.05, 0) is 19.1 Å². The van der Waals surface area contributed by atoms with Gasteiger partial charge in [0.05, 0.1) is 21.8 Å². The van der Waals surface area contributed by atoms with Crippen LogP contribution in [-0.2, 0) is 0 Å². The zero-order valence-electron chi connectivity index (χ0n) is 10.1. The molecule has 0 saturated carbocycles. The molecule has 0 aromatic heterocycles. The van der Waals surface area contributed by atoms with Gasteiger partial charge in [-0.3, -0.25) is 4.79 Å². The monoisotopic (exact) mass is 274 g/mol. The SMILES string of the molecule is CC(C)NC(C)C(=O)c1cc(Cl)c(N)c(Cl)c1. The Hall–Kier alpha value is -0.770. The number of carbonyl (C=O) groups is 1.